The van der Waals surface area contributed by atoms with Gasteiger partial charge in [0, 0.05) is 48.3 Å². The molecule has 0 radical (unpaired) electrons. The summed E-state index contributed by atoms with van der Waals surface area (Å²) in [5.41, 5.74) is 10.7. The Bertz CT molecular complexity index is 1020. The van der Waals surface area contributed by atoms with Gasteiger partial charge in [0.15, 0.2) is 0 Å². The predicted molar refractivity (Wildman–Crippen MR) is 119 cm³/mol. The third-order valence-electron chi connectivity index (χ3n) is 6.44. The Kier molecular flexibility index (Phi) is 5.12. The van der Waals surface area contributed by atoms with Crippen molar-refractivity contribution in [1.82, 2.24) is 24.8 Å². The summed E-state index contributed by atoms with van der Waals surface area (Å²) in [4.78, 5) is 13.7. The maximum Gasteiger partial charge on any atom is 0.229 e. The lowest BCUT2D eigenvalue weighted by molar-refractivity contribution is 0.264. The quantitative estimate of drug-likeness (QED) is 0.608. The van der Waals surface area contributed by atoms with E-state index in [9.17, 15) is 0 Å². The topological polar surface area (TPSA) is 93.7 Å². The second-order valence-electron chi connectivity index (χ2n) is 8.39. The van der Waals surface area contributed by atoms with Gasteiger partial charge in [-0.2, -0.15) is 4.98 Å². The van der Waals surface area contributed by atoms with Crippen LogP contribution in [0.5, 0.6) is 0 Å². The number of aryl methyl sites for hydroxylation is 1. The molecule has 1 unspecified atom stereocenters. The summed E-state index contributed by atoms with van der Waals surface area (Å²) in [6, 6.07) is 8.46. The monoisotopic (exact) mass is 403 g/mol. The minimum absolute atomic E-state index is 0.292. The molecule has 2 aromatic heterocycles. The molecule has 0 amide bonds. The van der Waals surface area contributed by atoms with Crippen LogP contribution in [0.1, 0.15) is 55.2 Å². The van der Waals surface area contributed by atoms with Crippen molar-refractivity contribution in [2.75, 3.05) is 17.6 Å². The highest BCUT2D eigenvalue weighted by molar-refractivity contribution is 5.59. The first kappa shape index (κ1) is 19.1. The number of hydrogen-bond acceptors (Lipinski definition) is 6. The van der Waals surface area contributed by atoms with Crippen molar-refractivity contribution < 1.29 is 0 Å². The number of benzene rings is 1. The van der Waals surface area contributed by atoms with Crippen molar-refractivity contribution in [1.29, 1.82) is 0 Å². The molecule has 3 aromatic rings. The molecular formula is C23H29N7. The molecule has 3 heterocycles. The van der Waals surface area contributed by atoms with Crippen LogP contribution in [0.15, 0.2) is 36.7 Å². The van der Waals surface area contributed by atoms with Crippen LogP contribution in [0, 0.1) is 12.8 Å². The summed E-state index contributed by atoms with van der Waals surface area (Å²) in [5.74, 6) is 2.78. The molecule has 1 aliphatic carbocycles. The van der Waals surface area contributed by atoms with Crippen molar-refractivity contribution in [3.8, 4) is 5.69 Å². The van der Waals surface area contributed by atoms with E-state index in [0.717, 1.165) is 41.4 Å². The number of nitrogens with zero attached hydrogens (tertiary/aromatic N) is 4. The molecule has 7 heteroatoms. The molecule has 5 rings (SSSR count). The standard InChI is InChI=1S/C23H29N7/c1-15-25-13-14-30(15)18-9-7-17(8-10-18)27-23-28-19-11-12-26-21(20(19)22(24)29-23)16-5-3-2-4-6-16/h7-10,13-14,16,21,26H,2-6,11-12H2,1H3,(H3,24,27,28,29). The molecule has 1 atom stereocenters. The highest BCUT2D eigenvalue weighted by atomic mass is 15.1. The predicted octanol–water partition coefficient (Wildman–Crippen LogP) is 4.06. The Morgan fingerprint density at radius 3 is 2.63 bits per heavy atom. The Morgan fingerprint density at radius 2 is 1.90 bits per heavy atom. The van der Waals surface area contributed by atoms with E-state index in [1.807, 2.05) is 25.3 Å². The lowest BCUT2D eigenvalue weighted by atomic mass is 9.79. The van der Waals surface area contributed by atoms with Gasteiger partial charge in [0.05, 0.1) is 5.69 Å². The molecule has 156 valence electrons. The van der Waals surface area contributed by atoms with Gasteiger partial charge in [-0.25, -0.2) is 9.97 Å². The van der Waals surface area contributed by atoms with Gasteiger partial charge in [0.2, 0.25) is 5.95 Å². The van der Waals surface area contributed by atoms with Crippen molar-refractivity contribution in [3.05, 3.63) is 53.7 Å². The van der Waals surface area contributed by atoms with Gasteiger partial charge < -0.3 is 20.9 Å². The SMILES string of the molecule is Cc1nccn1-c1ccc(Nc2nc(N)c3c(n2)CCNC3C2CCCCC2)cc1. The van der Waals surface area contributed by atoms with Crippen molar-refractivity contribution in [2.45, 2.75) is 51.5 Å². The largest absolute Gasteiger partial charge is 0.383 e. The summed E-state index contributed by atoms with van der Waals surface area (Å²) < 4.78 is 2.05. The molecule has 7 nitrogen and oxygen atoms in total. The van der Waals surface area contributed by atoms with E-state index in [1.54, 1.807) is 6.20 Å². The van der Waals surface area contributed by atoms with Crippen molar-refractivity contribution in [2.24, 2.45) is 5.92 Å². The van der Waals surface area contributed by atoms with Crippen molar-refractivity contribution in [3.63, 3.8) is 0 Å². The van der Waals surface area contributed by atoms with E-state index in [0.29, 0.717) is 23.7 Å². The highest BCUT2D eigenvalue weighted by Gasteiger charge is 2.32. The van der Waals surface area contributed by atoms with Gasteiger partial charge >= 0.3 is 0 Å². The normalized spacial score (nSPS) is 19.4. The maximum atomic E-state index is 6.46. The second kappa shape index (κ2) is 8.07. The average molecular weight is 404 g/mol. The van der Waals surface area contributed by atoms with E-state index >= 15 is 0 Å². The van der Waals surface area contributed by atoms with Crippen LogP contribution in [0.4, 0.5) is 17.5 Å². The molecule has 1 saturated carbocycles. The number of imidazole rings is 1. The Morgan fingerprint density at radius 1 is 1.10 bits per heavy atom. The fraction of sp³-hybridized carbons (Fsp3) is 0.435. The van der Waals surface area contributed by atoms with Gasteiger partial charge in [-0.15, -0.1) is 0 Å². The molecular weight excluding hydrogens is 374 g/mol. The average Bonchev–Trinajstić information content (AvgIpc) is 3.20. The number of aromatic nitrogens is 4. The summed E-state index contributed by atoms with van der Waals surface area (Å²) >= 11 is 0. The van der Waals surface area contributed by atoms with Gasteiger partial charge in [-0.05, 0) is 49.9 Å². The van der Waals surface area contributed by atoms with Crippen molar-refractivity contribution >= 4 is 17.5 Å². The highest BCUT2D eigenvalue weighted by Crippen LogP contribution is 2.39. The molecule has 1 aliphatic heterocycles. The van der Waals surface area contributed by atoms with E-state index in [-0.39, 0.29) is 0 Å². The molecule has 0 spiro atoms. The summed E-state index contributed by atoms with van der Waals surface area (Å²) in [6.45, 7) is 2.94. The molecule has 30 heavy (non-hydrogen) atoms. The van der Waals surface area contributed by atoms with Crippen LogP contribution < -0.4 is 16.4 Å². The zero-order valence-corrected chi connectivity index (χ0v) is 17.4. The molecule has 0 bridgehead atoms. The minimum Gasteiger partial charge on any atom is -0.383 e. The van der Waals surface area contributed by atoms with Gasteiger partial charge in [-0.3, -0.25) is 0 Å². The van der Waals surface area contributed by atoms with E-state index in [1.165, 1.54) is 32.1 Å². The fourth-order valence-corrected chi connectivity index (χ4v) is 4.92. The van der Waals surface area contributed by atoms with Crippen LogP contribution in [0.25, 0.3) is 5.69 Å². The third-order valence-corrected chi connectivity index (χ3v) is 6.44. The molecule has 1 aromatic carbocycles. The molecule has 2 aliphatic rings. The zero-order chi connectivity index (χ0) is 20.5. The second-order valence-corrected chi connectivity index (χ2v) is 8.39. The first-order chi connectivity index (χ1) is 14.7. The van der Waals surface area contributed by atoms with E-state index in [2.05, 4.69) is 37.3 Å². The summed E-state index contributed by atoms with van der Waals surface area (Å²) in [6.07, 6.45) is 11.2. The summed E-state index contributed by atoms with van der Waals surface area (Å²) in [7, 11) is 0. The Balaban J connectivity index is 1.37. The zero-order valence-electron chi connectivity index (χ0n) is 17.4. The number of nitrogen functional groups attached to an aromatic ring is 1. The molecule has 4 N–H and O–H groups in total. The van der Waals surface area contributed by atoms with Crippen LogP contribution >= 0.6 is 0 Å². The first-order valence-electron chi connectivity index (χ1n) is 11.0. The lowest BCUT2D eigenvalue weighted by Gasteiger charge is -2.35. The first-order valence-corrected chi connectivity index (χ1v) is 11.0. The third kappa shape index (κ3) is 3.65. The summed E-state index contributed by atoms with van der Waals surface area (Å²) in [5, 5.41) is 7.02. The Hall–Kier alpha value is -2.93. The number of rotatable bonds is 4. The van der Waals surface area contributed by atoms with Gasteiger partial charge in [0.1, 0.15) is 11.6 Å². The number of anilines is 3. The number of hydrogen-bond donors (Lipinski definition) is 3. The van der Waals surface area contributed by atoms with Crippen LogP contribution in [-0.4, -0.2) is 26.1 Å². The Labute approximate surface area is 177 Å². The van der Waals surface area contributed by atoms with Crippen LogP contribution in [-0.2, 0) is 6.42 Å². The number of nitrogens with two attached hydrogens (primary N) is 1. The maximum absolute atomic E-state index is 6.46. The molecule has 0 saturated heterocycles. The number of fused-ring (bicyclic) bond motifs is 1. The van der Waals surface area contributed by atoms with Crippen LogP contribution in [0.3, 0.4) is 0 Å². The van der Waals surface area contributed by atoms with Crippen LogP contribution in [0.2, 0.25) is 0 Å². The van der Waals surface area contributed by atoms with E-state index < -0.39 is 0 Å². The lowest BCUT2D eigenvalue weighted by Crippen LogP contribution is -2.37. The molecule has 1 fully saturated rings. The van der Waals surface area contributed by atoms with Gasteiger partial charge in [-0.1, -0.05) is 19.3 Å². The van der Waals surface area contributed by atoms with Gasteiger partial charge in [0.25, 0.3) is 0 Å². The smallest absolute Gasteiger partial charge is 0.229 e. The minimum atomic E-state index is 0.292. The van der Waals surface area contributed by atoms with E-state index in [4.69, 9.17) is 10.7 Å². The number of nitrogens with one attached hydrogen (secondary N) is 2. The fourth-order valence-electron chi connectivity index (χ4n) is 4.92.